The second kappa shape index (κ2) is 9.58. The molecular formula is C20H30N4O3. The fourth-order valence-electron chi connectivity index (χ4n) is 3.78. The van der Waals surface area contributed by atoms with Crippen LogP contribution < -0.4 is 10.6 Å². The first kappa shape index (κ1) is 19.5. The summed E-state index contributed by atoms with van der Waals surface area (Å²) < 4.78 is 5.02. The number of aromatic nitrogens is 1. The van der Waals surface area contributed by atoms with E-state index in [1.807, 2.05) is 6.07 Å². The number of anilines is 1. The number of nitrogens with zero attached hydrogens (tertiary/aromatic N) is 2. The van der Waals surface area contributed by atoms with Crippen molar-refractivity contribution in [2.24, 2.45) is 0 Å². The number of carbonyl (C=O) groups is 2. The Bertz CT molecular complexity index is 621. The number of ether oxygens (including phenoxy) is 1. The lowest BCUT2D eigenvalue weighted by molar-refractivity contribution is 0.0856. The maximum Gasteiger partial charge on any atom is 0.409 e. The Morgan fingerprint density at radius 1 is 1.11 bits per heavy atom. The predicted molar refractivity (Wildman–Crippen MR) is 104 cm³/mol. The Hall–Kier alpha value is -2.31. The Kier molecular flexibility index (Phi) is 6.90. The maximum absolute atomic E-state index is 12.4. The summed E-state index contributed by atoms with van der Waals surface area (Å²) in [5, 5.41) is 6.54. The number of amides is 2. The molecule has 1 aromatic rings. The van der Waals surface area contributed by atoms with E-state index in [0.717, 1.165) is 18.5 Å². The number of pyridine rings is 1. The smallest absolute Gasteiger partial charge is 0.409 e. The van der Waals surface area contributed by atoms with Crippen molar-refractivity contribution in [3.8, 4) is 0 Å². The molecule has 0 bridgehead atoms. The van der Waals surface area contributed by atoms with E-state index in [1.54, 1.807) is 24.1 Å². The summed E-state index contributed by atoms with van der Waals surface area (Å²) >= 11 is 0. The van der Waals surface area contributed by atoms with Gasteiger partial charge in [-0.3, -0.25) is 4.79 Å². The van der Waals surface area contributed by atoms with E-state index < -0.39 is 0 Å². The lowest BCUT2D eigenvalue weighted by Gasteiger charge is -2.31. The number of rotatable bonds is 5. The van der Waals surface area contributed by atoms with E-state index in [2.05, 4.69) is 15.6 Å². The zero-order valence-electron chi connectivity index (χ0n) is 16.1. The number of hydrogen-bond donors (Lipinski definition) is 2. The molecular weight excluding hydrogens is 344 g/mol. The third-order valence-corrected chi connectivity index (χ3v) is 5.33. The van der Waals surface area contributed by atoms with Gasteiger partial charge in [0.1, 0.15) is 5.69 Å². The molecule has 2 N–H and O–H groups in total. The highest BCUT2D eigenvalue weighted by molar-refractivity contribution is 5.92. The van der Waals surface area contributed by atoms with Crippen molar-refractivity contribution in [1.29, 1.82) is 0 Å². The van der Waals surface area contributed by atoms with Crippen LogP contribution in [0.15, 0.2) is 18.3 Å². The summed E-state index contributed by atoms with van der Waals surface area (Å²) in [5.74, 6) is -0.159. The molecule has 1 aromatic heterocycles. The number of carbonyl (C=O) groups excluding carboxylic acids is 2. The van der Waals surface area contributed by atoms with Gasteiger partial charge < -0.3 is 20.3 Å². The summed E-state index contributed by atoms with van der Waals surface area (Å²) in [5.41, 5.74) is 1.40. The molecule has 0 spiro atoms. The molecule has 7 nitrogen and oxygen atoms in total. The molecule has 2 aliphatic rings. The van der Waals surface area contributed by atoms with Gasteiger partial charge in [-0.25, -0.2) is 9.78 Å². The number of nitrogens with one attached hydrogen (secondary N) is 2. The molecule has 2 amide bonds. The standard InChI is InChI=1S/C20H30N4O3/c1-2-27-20(26)24-12-10-16(11-13-24)23-19(25)18-9-8-17(14-21-18)22-15-6-4-3-5-7-15/h8-9,14-16,22H,2-7,10-13H2,1H3,(H,23,25). The number of likely N-dealkylation sites (tertiary alicyclic amines) is 1. The van der Waals surface area contributed by atoms with Crippen LogP contribution in [-0.2, 0) is 4.74 Å². The summed E-state index contributed by atoms with van der Waals surface area (Å²) in [7, 11) is 0. The van der Waals surface area contributed by atoms with Crippen LogP contribution in [0.4, 0.5) is 10.5 Å². The highest BCUT2D eigenvalue weighted by Gasteiger charge is 2.25. The molecule has 1 aliphatic carbocycles. The van der Waals surface area contributed by atoms with Crippen LogP contribution in [0.2, 0.25) is 0 Å². The third kappa shape index (κ3) is 5.58. The molecule has 0 unspecified atom stereocenters. The van der Waals surface area contributed by atoms with Crippen molar-refractivity contribution in [1.82, 2.24) is 15.2 Å². The van der Waals surface area contributed by atoms with Gasteiger partial charge in [-0.1, -0.05) is 19.3 Å². The lowest BCUT2D eigenvalue weighted by atomic mass is 9.95. The van der Waals surface area contributed by atoms with Crippen molar-refractivity contribution in [3.63, 3.8) is 0 Å². The fourth-order valence-corrected chi connectivity index (χ4v) is 3.78. The first-order valence-corrected chi connectivity index (χ1v) is 10.1. The highest BCUT2D eigenvalue weighted by Crippen LogP contribution is 2.21. The Morgan fingerprint density at radius 3 is 2.48 bits per heavy atom. The molecule has 2 heterocycles. The Labute approximate surface area is 160 Å². The second-order valence-corrected chi connectivity index (χ2v) is 7.35. The highest BCUT2D eigenvalue weighted by atomic mass is 16.6. The van der Waals surface area contributed by atoms with E-state index in [0.29, 0.717) is 31.4 Å². The zero-order valence-corrected chi connectivity index (χ0v) is 16.1. The molecule has 27 heavy (non-hydrogen) atoms. The SMILES string of the molecule is CCOC(=O)N1CCC(NC(=O)c2ccc(NC3CCCCC3)cn2)CC1. The third-order valence-electron chi connectivity index (χ3n) is 5.33. The van der Waals surface area contributed by atoms with E-state index in [-0.39, 0.29) is 18.0 Å². The van der Waals surface area contributed by atoms with Crippen molar-refractivity contribution in [2.45, 2.75) is 64.0 Å². The van der Waals surface area contributed by atoms with Gasteiger partial charge in [0, 0.05) is 25.2 Å². The minimum absolute atomic E-state index is 0.0602. The average molecular weight is 374 g/mol. The van der Waals surface area contributed by atoms with Gasteiger partial charge in [-0.15, -0.1) is 0 Å². The van der Waals surface area contributed by atoms with E-state index >= 15 is 0 Å². The first-order chi connectivity index (χ1) is 13.2. The van der Waals surface area contributed by atoms with Gasteiger partial charge >= 0.3 is 6.09 Å². The van der Waals surface area contributed by atoms with Crippen molar-refractivity contribution in [2.75, 3.05) is 25.0 Å². The molecule has 2 fully saturated rings. The molecule has 148 valence electrons. The van der Waals surface area contributed by atoms with Crippen LogP contribution >= 0.6 is 0 Å². The van der Waals surface area contributed by atoms with Crippen molar-refractivity contribution < 1.29 is 14.3 Å². The molecule has 7 heteroatoms. The summed E-state index contributed by atoms with van der Waals surface area (Å²) in [4.78, 5) is 30.2. The number of hydrogen-bond acceptors (Lipinski definition) is 5. The Morgan fingerprint density at radius 2 is 1.85 bits per heavy atom. The van der Waals surface area contributed by atoms with Gasteiger partial charge in [-0.05, 0) is 44.7 Å². The minimum atomic E-state index is -0.273. The lowest BCUT2D eigenvalue weighted by Crippen LogP contribution is -2.46. The normalized spacial score (nSPS) is 18.8. The molecule has 1 aliphatic heterocycles. The first-order valence-electron chi connectivity index (χ1n) is 10.1. The number of piperidine rings is 1. The monoisotopic (exact) mass is 374 g/mol. The fraction of sp³-hybridized carbons (Fsp3) is 0.650. The van der Waals surface area contributed by atoms with E-state index in [1.165, 1.54) is 32.1 Å². The maximum atomic E-state index is 12.4. The average Bonchev–Trinajstić information content (AvgIpc) is 2.70. The summed E-state index contributed by atoms with van der Waals surface area (Å²) in [6, 6.07) is 4.28. The minimum Gasteiger partial charge on any atom is -0.450 e. The molecule has 0 aromatic carbocycles. The largest absolute Gasteiger partial charge is 0.450 e. The Balaban J connectivity index is 1.45. The molecule has 3 rings (SSSR count). The van der Waals surface area contributed by atoms with Crippen molar-refractivity contribution in [3.05, 3.63) is 24.0 Å². The molecule has 0 atom stereocenters. The van der Waals surface area contributed by atoms with Gasteiger partial charge in [0.05, 0.1) is 18.5 Å². The van der Waals surface area contributed by atoms with Gasteiger partial charge in [0.15, 0.2) is 0 Å². The van der Waals surface area contributed by atoms with E-state index in [9.17, 15) is 9.59 Å². The van der Waals surface area contributed by atoms with Crippen LogP contribution in [0.25, 0.3) is 0 Å². The molecule has 0 radical (unpaired) electrons. The second-order valence-electron chi connectivity index (χ2n) is 7.35. The topological polar surface area (TPSA) is 83.6 Å². The van der Waals surface area contributed by atoms with Crippen LogP contribution in [-0.4, -0.2) is 53.7 Å². The van der Waals surface area contributed by atoms with Crippen LogP contribution in [0, 0.1) is 0 Å². The van der Waals surface area contributed by atoms with Gasteiger partial charge in [0.25, 0.3) is 5.91 Å². The van der Waals surface area contributed by atoms with Crippen molar-refractivity contribution >= 4 is 17.7 Å². The van der Waals surface area contributed by atoms with Gasteiger partial charge in [-0.2, -0.15) is 0 Å². The zero-order chi connectivity index (χ0) is 19.1. The van der Waals surface area contributed by atoms with Gasteiger partial charge in [0.2, 0.25) is 0 Å². The quantitative estimate of drug-likeness (QED) is 0.827. The molecule has 1 saturated heterocycles. The summed E-state index contributed by atoms with van der Waals surface area (Å²) in [6.07, 6.45) is 9.21. The van der Waals surface area contributed by atoms with Crippen LogP contribution in [0.1, 0.15) is 62.4 Å². The predicted octanol–water partition coefficient (Wildman–Crippen LogP) is 3.18. The van der Waals surface area contributed by atoms with Crippen LogP contribution in [0.5, 0.6) is 0 Å². The van der Waals surface area contributed by atoms with Crippen LogP contribution in [0.3, 0.4) is 0 Å². The molecule has 1 saturated carbocycles. The summed E-state index contributed by atoms with van der Waals surface area (Å²) in [6.45, 7) is 3.38. The van der Waals surface area contributed by atoms with E-state index in [4.69, 9.17) is 4.74 Å².